The number of furan rings is 1. The zero-order chi connectivity index (χ0) is 17.3. The summed E-state index contributed by atoms with van der Waals surface area (Å²) in [6, 6.07) is 2.32. The van der Waals surface area contributed by atoms with Gasteiger partial charge in [-0.1, -0.05) is 6.92 Å². The Kier molecular flexibility index (Phi) is 4.78. The molecule has 5 nitrogen and oxygen atoms in total. The van der Waals surface area contributed by atoms with Crippen molar-refractivity contribution >= 4 is 5.91 Å². The molecule has 2 atom stereocenters. The maximum Gasteiger partial charge on any atom is 0.230 e. The Morgan fingerprint density at radius 3 is 2.92 bits per heavy atom. The largest absolute Gasteiger partial charge is 0.466 e. The number of aromatic nitrogens is 2. The number of piperidine rings is 1. The molecule has 1 aliphatic heterocycles. The van der Waals surface area contributed by atoms with E-state index in [1.807, 2.05) is 44.1 Å². The molecule has 2 unspecified atom stereocenters. The first-order chi connectivity index (χ1) is 11.5. The first-order valence-corrected chi connectivity index (χ1v) is 8.88. The van der Waals surface area contributed by atoms with Gasteiger partial charge in [-0.15, -0.1) is 0 Å². The van der Waals surface area contributed by atoms with Crippen molar-refractivity contribution in [2.45, 2.75) is 58.9 Å². The van der Waals surface area contributed by atoms with E-state index in [0.717, 1.165) is 55.3 Å². The predicted octanol–water partition coefficient (Wildman–Crippen LogP) is 3.62. The van der Waals surface area contributed by atoms with E-state index in [-0.39, 0.29) is 11.8 Å². The number of imidazole rings is 1. The minimum Gasteiger partial charge on any atom is -0.466 e. The van der Waals surface area contributed by atoms with Crippen LogP contribution < -0.4 is 0 Å². The highest BCUT2D eigenvalue weighted by Crippen LogP contribution is 2.29. The number of amides is 1. The van der Waals surface area contributed by atoms with Crippen LogP contribution >= 0.6 is 0 Å². The molecule has 1 aliphatic rings. The van der Waals surface area contributed by atoms with Crippen molar-refractivity contribution in [2.75, 3.05) is 13.1 Å². The summed E-state index contributed by atoms with van der Waals surface area (Å²) < 4.78 is 7.85. The summed E-state index contributed by atoms with van der Waals surface area (Å²) in [6.45, 7) is 9.57. The maximum absolute atomic E-state index is 13.0. The van der Waals surface area contributed by atoms with Crippen LogP contribution in [0.3, 0.4) is 0 Å². The van der Waals surface area contributed by atoms with Crippen LogP contribution in [0.25, 0.3) is 0 Å². The highest BCUT2D eigenvalue weighted by atomic mass is 16.3. The number of hydrogen-bond donors (Lipinski definition) is 0. The van der Waals surface area contributed by atoms with Crippen LogP contribution in [0.5, 0.6) is 0 Å². The zero-order valence-corrected chi connectivity index (χ0v) is 15.1. The Morgan fingerprint density at radius 1 is 1.46 bits per heavy atom. The van der Waals surface area contributed by atoms with E-state index in [4.69, 9.17) is 4.42 Å². The number of hydrogen-bond acceptors (Lipinski definition) is 3. The lowest BCUT2D eigenvalue weighted by atomic mass is 9.97. The second kappa shape index (κ2) is 6.83. The SMILES string of the molecule is CCc1nccn1C1CCCN(C(=O)C(C)c2cc(C)oc2C)C1. The summed E-state index contributed by atoms with van der Waals surface area (Å²) in [5.41, 5.74) is 1.01. The van der Waals surface area contributed by atoms with Crippen molar-refractivity contribution in [1.29, 1.82) is 0 Å². The molecule has 130 valence electrons. The van der Waals surface area contributed by atoms with Crippen molar-refractivity contribution in [3.63, 3.8) is 0 Å². The van der Waals surface area contributed by atoms with Gasteiger partial charge in [-0.2, -0.15) is 0 Å². The molecular formula is C19H27N3O2. The van der Waals surface area contributed by atoms with Gasteiger partial charge >= 0.3 is 0 Å². The highest BCUT2D eigenvalue weighted by Gasteiger charge is 2.30. The zero-order valence-electron chi connectivity index (χ0n) is 15.1. The van der Waals surface area contributed by atoms with Crippen molar-refractivity contribution < 1.29 is 9.21 Å². The molecule has 5 heteroatoms. The van der Waals surface area contributed by atoms with Crippen molar-refractivity contribution in [3.8, 4) is 0 Å². The number of likely N-dealkylation sites (tertiary alicyclic amines) is 1. The third-order valence-corrected chi connectivity index (χ3v) is 5.08. The third kappa shape index (κ3) is 3.12. The predicted molar refractivity (Wildman–Crippen MR) is 93.1 cm³/mol. The monoisotopic (exact) mass is 329 g/mol. The Balaban J connectivity index is 1.74. The average molecular weight is 329 g/mol. The normalized spacial score (nSPS) is 19.5. The lowest BCUT2D eigenvalue weighted by molar-refractivity contribution is -0.134. The van der Waals surface area contributed by atoms with E-state index in [1.165, 1.54) is 0 Å². The van der Waals surface area contributed by atoms with Crippen LogP contribution in [0.15, 0.2) is 22.9 Å². The Labute approximate surface area is 143 Å². The molecule has 0 aliphatic carbocycles. The summed E-state index contributed by atoms with van der Waals surface area (Å²) in [7, 11) is 0. The van der Waals surface area contributed by atoms with E-state index in [2.05, 4.69) is 16.5 Å². The molecule has 1 fully saturated rings. The molecule has 1 saturated heterocycles. The first-order valence-electron chi connectivity index (χ1n) is 8.88. The first kappa shape index (κ1) is 16.8. The molecule has 0 aromatic carbocycles. The average Bonchev–Trinajstić information content (AvgIpc) is 3.19. The molecule has 3 heterocycles. The minimum atomic E-state index is -0.158. The summed E-state index contributed by atoms with van der Waals surface area (Å²) >= 11 is 0. The summed E-state index contributed by atoms with van der Waals surface area (Å²) in [4.78, 5) is 19.4. The van der Waals surface area contributed by atoms with Crippen LogP contribution in [-0.2, 0) is 11.2 Å². The van der Waals surface area contributed by atoms with Crippen molar-refractivity contribution in [1.82, 2.24) is 14.5 Å². The molecule has 0 N–H and O–H groups in total. The second-order valence-electron chi connectivity index (χ2n) is 6.77. The lowest BCUT2D eigenvalue weighted by Gasteiger charge is -2.35. The van der Waals surface area contributed by atoms with Gasteiger partial charge in [0.2, 0.25) is 5.91 Å². The van der Waals surface area contributed by atoms with Gasteiger partial charge in [0.15, 0.2) is 0 Å². The van der Waals surface area contributed by atoms with Crippen molar-refractivity contribution in [3.05, 3.63) is 41.4 Å². The van der Waals surface area contributed by atoms with E-state index < -0.39 is 0 Å². The second-order valence-corrected chi connectivity index (χ2v) is 6.77. The van der Waals surface area contributed by atoms with Gasteiger partial charge in [0.05, 0.1) is 12.0 Å². The Morgan fingerprint density at radius 2 is 2.25 bits per heavy atom. The number of nitrogens with zero attached hydrogens (tertiary/aromatic N) is 3. The minimum absolute atomic E-state index is 0.158. The van der Waals surface area contributed by atoms with Crippen molar-refractivity contribution in [2.24, 2.45) is 0 Å². The van der Waals surface area contributed by atoms with Crippen LogP contribution in [0, 0.1) is 13.8 Å². The summed E-state index contributed by atoms with van der Waals surface area (Å²) in [6.07, 6.45) is 6.96. The Bertz CT molecular complexity index is 716. The smallest absolute Gasteiger partial charge is 0.230 e. The molecule has 2 aromatic heterocycles. The van der Waals surface area contributed by atoms with Gasteiger partial charge in [-0.25, -0.2) is 4.98 Å². The van der Waals surface area contributed by atoms with Crippen LogP contribution in [0.4, 0.5) is 0 Å². The topological polar surface area (TPSA) is 51.3 Å². The van der Waals surface area contributed by atoms with Gasteiger partial charge in [-0.3, -0.25) is 4.79 Å². The van der Waals surface area contributed by atoms with E-state index in [9.17, 15) is 4.79 Å². The van der Waals surface area contributed by atoms with E-state index >= 15 is 0 Å². The molecule has 0 radical (unpaired) electrons. The van der Waals surface area contributed by atoms with Gasteiger partial charge in [-0.05, 0) is 39.7 Å². The molecule has 0 bridgehead atoms. The van der Waals surface area contributed by atoms with Crippen LogP contribution in [0.2, 0.25) is 0 Å². The molecule has 24 heavy (non-hydrogen) atoms. The number of aryl methyl sites for hydroxylation is 3. The molecule has 2 aromatic rings. The summed E-state index contributed by atoms with van der Waals surface area (Å²) in [5, 5.41) is 0. The van der Waals surface area contributed by atoms with Crippen LogP contribution in [-0.4, -0.2) is 33.4 Å². The fourth-order valence-corrected chi connectivity index (χ4v) is 3.82. The van der Waals surface area contributed by atoms with Crippen LogP contribution in [0.1, 0.15) is 61.6 Å². The summed E-state index contributed by atoms with van der Waals surface area (Å²) in [5.74, 6) is 2.86. The lowest BCUT2D eigenvalue weighted by Crippen LogP contribution is -2.42. The number of carbonyl (C=O) groups excluding carboxylic acids is 1. The molecule has 3 rings (SSSR count). The van der Waals surface area contributed by atoms with Gasteiger partial charge < -0.3 is 13.9 Å². The molecule has 0 spiro atoms. The van der Waals surface area contributed by atoms with Gasteiger partial charge in [0.1, 0.15) is 17.3 Å². The third-order valence-electron chi connectivity index (χ3n) is 5.08. The van der Waals surface area contributed by atoms with E-state index in [1.54, 1.807) is 0 Å². The van der Waals surface area contributed by atoms with E-state index in [0.29, 0.717) is 6.04 Å². The standard InChI is InChI=1S/C19H27N3O2/c1-5-18-20-8-10-22(18)16-7-6-9-21(12-16)19(23)14(3)17-11-13(2)24-15(17)4/h8,10-11,14,16H,5-7,9,12H2,1-4H3. The van der Waals surface area contributed by atoms with Gasteiger partial charge in [0.25, 0.3) is 0 Å². The fraction of sp³-hybridized carbons (Fsp3) is 0.579. The maximum atomic E-state index is 13.0. The Hall–Kier alpha value is -2.04. The number of carbonyl (C=O) groups is 1. The van der Waals surface area contributed by atoms with Gasteiger partial charge in [0, 0.05) is 37.5 Å². The highest BCUT2D eigenvalue weighted by molar-refractivity contribution is 5.83. The molecule has 1 amide bonds. The number of rotatable bonds is 4. The quantitative estimate of drug-likeness (QED) is 0.861. The molecular weight excluding hydrogens is 302 g/mol. The fourth-order valence-electron chi connectivity index (χ4n) is 3.82. The molecule has 0 saturated carbocycles.